The molecule has 1 unspecified atom stereocenters. The van der Waals surface area contributed by atoms with Crippen LogP contribution in [0.15, 0.2) is 18.2 Å². The van der Waals surface area contributed by atoms with Crippen LogP contribution < -0.4 is 5.73 Å². The molecule has 1 aliphatic heterocycles. The molecule has 0 amide bonds. The molecule has 0 spiro atoms. The van der Waals surface area contributed by atoms with Crippen molar-refractivity contribution in [2.24, 2.45) is 11.7 Å². The quantitative estimate of drug-likeness (QED) is 0.852. The molecular weight excluding hydrogens is 221 g/mol. The topological polar surface area (TPSA) is 44.5 Å². The number of halogens is 1. The number of ether oxygens (including phenoxy) is 2. The van der Waals surface area contributed by atoms with Gasteiger partial charge in [-0.05, 0) is 18.1 Å². The van der Waals surface area contributed by atoms with E-state index in [9.17, 15) is 4.39 Å². The van der Waals surface area contributed by atoms with Crippen LogP contribution in [0.25, 0.3) is 0 Å². The van der Waals surface area contributed by atoms with E-state index in [2.05, 4.69) is 0 Å². The molecule has 2 N–H and O–H groups in total. The Hall–Kier alpha value is -0.970. The van der Waals surface area contributed by atoms with Crippen molar-refractivity contribution < 1.29 is 13.9 Å². The molecule has 1 saturated heterocycles. The second-order valence-corrected chi connectivity index (χ2v) is 4.37. The summed E-state index contributed by atoms with van der Waals surface area (Å²) in [5.74, 6) is 0.219. The number of benzene rings is 1. The molecule has 17 heavy (non-hydrogen) atoms. The lowest BCUT2D eigenvalue weighted by Crippen LogP contribution is -2.09. The van der Waals surface area contributed by atoms with Gasteiger partial charge in [0.15, 0.2) is 0 Å². The first-order chi connectivity index (χ1) is 8.29. The van der Waals surface area contributed by atoms with E-state index in [1.54, 1.807) is 6.07 Å². The molecule has 1 fully saturated rings. The zero-order valence-electron chi connectivity index (χ0n) is 9.82. The van der Waals surface area contributed by atoms with E-state index >= 15 is 0 Å². The lowest BCUT2D eigenvalue weighted by molar-refractivity contribution is 0.0775. The summed E-state index contributed by atoms with van der Waals surface area (Å²) < 4.78 is 24.3. The van der Waals surface area contributed by atoms with Gasteiger partial charge < -0.3 is 15.2 Å². The third kappa shape index (κ3) is 3.49. The van der Waals surface area contributed by atoms with E-state index in [0.29, 0.717) is 31.2 Å². The number of hydrogen-bond donors (Lipinski definition) is 1. The van der Waals surface area contributed by atoms with Crippen LogP contribution >= 0.6 is 0 Å². The largest absolute Gasteiger partial charge is 0.381 e. The summed E-state index contributed by atoms with van der Waals surface area (Å²) in [7, 11) is 0. The second-order valence-electron chi connectivity index (χ2n) is 4.37. The first kappa shape index (κ1) is 12.5. The zero-order valence-corrected chi connectivity index (χ0v) is 9.82. The molecule has 2 rings (SSSR count). The minimum atomic E-state index is -0.240. The summed E-state index contributed by atoms with van der Waals surface area (Å²) in [6.45, 7) is 2.88. The van der Waals surface area contributed by atoms with Crippen molar-refractivity contribution in [1.29, 1.82) is 0 Å². The monoisotopic (exact) mass is 239 g/mol. The maximum absolute atomic E-state index is 13.6. The van der Waals surface area contributed by atoms with Crippen molar-refractivity contribution in [3.63, 3.8) is 0 Å². The van der Waals surface area contributed by atoms with Gasteiger partial charge in [0, 0.05) is 24.6 Å². The third-order valence-electron chi connectivity index (χ3n) is 2.99. The van der Waals surface area contributed by atoms with Crippen LogP contribution in [0.1, 0.15) is 17.5 Å². The van der Waals surface area contributed by atoms with Gasteiger partial charge in [0.1, 0.15) is 5.82 Å². The van der Waals surface area contributed by atoms with Crippen LogP contribution in [0, 0.1) is 11.7 Å². The van der Waals surface area contributed by atoms with E-state index in [1.165, 1.54) is 6.07 Å². The normalized spacial score (nSPS) is 19.8. The molecule has 1 aromatic carbocycles. The fourth-order valence-electron chi connectivity index (χ4n) is 1.89. The molecule has 1 heterocycles. The summed E-state index contributed by atoms with van der Waals surface area (Å²) in [5.41, 5.74) is 6.83. The van der Waals surface area contributed by atoms with Crippen molar-refractivity contribution in [3.8, 4) is 0 Å². The third-order valence-corrected chi connectivity index (χ3v) is 2.99. The smallest absolute Gasteiger partial charge is 0.129 e. The highest BCUT2D eigenvalue weighted by Gasteiger charge is 2.15. The first-order valence-corrected chi connectivity index (χ1v) is 5.92. The Morgan fingerprint density at radius 3 is 3.00 bits per heavy atom. The second kappa shape index (κ2) is 6.10. The highest BCUT2D eigenvalue weighted by molar-refractivity contribution is 5.23. The molecule has 4 heteroatoms. The lowest BCUT2D eigenvalue weighted by Gasteiger charge is -2.09. The fourth-order valence-corrected chi connectivity index (χ4v) is 1.89. The Kier molecular flexibility index (Phi) is 4.48. The molecule has 0 radical (unpaired) electrons. The standard InChI is InChI=1S/C13H18FNO2/c14-13-5-10(6-15)1-2-12(13)9-17-8-11-3-4-16-7-11/h1-2,5,11H,3-4,6-9,15H2. The molecule has 1 atom stereocenters. The summed E-state index contributed by atoms with van der Waals surface area (Å²) in [5, 5.41) is 0. The Bertz CT molecular complexity index is 364. The van der Waals surface area contributed by atoms with Crippen LogP contribution in [-0.4, -0.2) is 19.8 Å². The van der Waals surface area contributed by atoms with Gasteiger partial charge in [-0.2, -0.15) is 0 Å². The summed E-state index contributed by atoms with van der Waals surface area (Å²) in [6, 6.07) is 5.04. The number of rotatable bonds is 5. The zero-order chi connectivity index (χ0) is 12.1. The van der Waals surface area contributed by atoms with Crippen LogP contribution in [-0.2, 0) is 22.6 Å². The van der Waals surface area contributed by atoms with Crippen molar-refractivity contribution in [2.45, 2.75) is 19.6 Å². The predicted octanol–water partition coefficient (Wildman–Crippen LogP) is 1.84. The SMILES string of the molecule is NCc1ccc(COCC2CCOC2)c(F)c1. The molecule has 94 valence electrons. The van der Waals surface area contributed by atoms with E-state index < -0.39 is 0 Å². The van der Waals surface area contributed by atoms with Gasteiger partial charge in [-0.3, -0.25) is 0 Å². The average Bonchev–Trinajstić information content (AvgIpc) is 2.84. The van der Waals surface area contributed by atoms with Crippen LogP contribution in [0.5, 0.6) is 0 Å². The Labute approximate surface area is 101 Å². The molecule has 0 saturated carbocycles. The summed E-state index contributed by atoms with van der Waals surface area (Å²) >= 11 is 0. The van der Waals surface area contributed by atoms with Gasteiger partial charge in [-0.1, -0.05) is 12.1 Å². The van der Waals surface area contributed by atoms with Crippen LogP contribution in [0.3, 0.4) is 0 Å². The van der Waals surface area contributed by atoms with Crippen molar-refractivity contribution >= 4 is 0 Å². The molecule has 0 aliphatic carbocycles. The van der Waals surface area contributed by atoms with E-state index in [-0.39, 0.29) is 5.82 Å². The molecule has 3 nitrogen and oxygen atoms in total. The minimum Gasteiger partial charge on any atom is -0.381 e. The van der Waals surface area contributed by atoms with E-state index in [0.717, 1.165) is 25.2 Å². The van der Waals surface area contributed by atoms with Gasteiger partial charge in [0.25, 0.3) is 0 Å². The van der Waals surface area contributed by atoms with Crippen molar-refractivity contribution in [2.75, 3.05) is 19.8 Å². The van der Waals surface area contributed by atoms with Gasteiger partial charge >= 0.3 is 0 Å². The predicted molar refractivity (Wildman–Crippen MR) is 62.9 cm³/mol. The minimum absolute atomic E-state index is 0.240. The van der Waals surface area contributed by atoms with Gasteiger partial charge in [0.05, 0.1) is 19.8 Å². The Balaban J connectivity index is 1.81. The Morgan fingerprint density at radius 1 is 1.47 bits per heavy atom. The number of hydrogen-bond acceptors (Lipinski definition) is 3. The number of nitrogens with two attached hydrogens (primary N) is 1. The van der Waals surface area contributed by atoms with Gasteiger partial charge in [0.2, 0.25) is 0 Å². The highest BCUT2D eigenvalue weighted by atomic mass is 19.1. The highest BCUT2D eigenvalue weighted by Crippen LogP contribution is 2.15. The summed E-state index contributed by atoms with van der Waals surface area (Å²) in [6.07, 6.45) is 1.04. The van der Waals surface area contributed by atoms with Crippen molar-refractivity contribution in [3.05, 3.63) is 35.1 Å². The first-order valence-electron chi connectivity index (χ1n) is 5.92. The summed E-state index contributed by atoms with van der Waals surface area (Å²) in [4.78, 5) is 0. The van der Waals surface area contributed by atoms with Gasteiger partial charge in [-0.25, -0.2) is 4.39 Å². The van der Waals surface area contributed by atoms with E-state index in [1.807, 2.05) is 6.07 Å². The maximum Gasteiger partial charge on any atom is 0.129 e. The van der Waals surface area contributed by atoms with Crippen LogP contribution in [0.4, 0.5) is 4.39 Å². The van der Waals surface area contributed by atoms with E-state index in [4.69, 9.17) is 15.2 Å². The lowest BCUT2D eigenvalue weighted by atomic mass is 10.1. The Morgan fingerprint density at radius 2 is 2.35 bits per heavy atom. The molecule has 1 aromatic rings. The van der Waals surface area contributed by atoms with Gasteiger partial charge in [-0.15, -0.1) is 0 Å². The van der Waals surface area contributed by atoms with Crippen LogP contribution in [0.2, 0.25) is 0 Å². The molecule has 1 aliphatic rings. The van der Waals surface area contributed by atoms with Crippen molar-refractivity contribution in [1.82, 2.24) is 0 Å². The average molecular weight is 239 g/mol. The fraction of sp³-hybridized carbons (Fsp3) is 0.538. The molecule has 0 aromatic heterocycles. The molecular formula is C13H18FNO2. The molecule has 0 bridgehead atoms. The maximum atomic E-state index is 13.6.